The van der Waals surface area contributed by atoms with E-state index in [1.165, 1.54) is 37.7 Å². The molecule has 3 heterocycles. The van der Waals surface area contributed by atoms with E-state index in [4.69, 9.17) is 16.6 Å². The molecule has 2 aromatic carbocycles. The number of fused-ring (bicyclic) bond motifs is 4. The molecule has 7 rings (SSSR count). The predicted octanol–water partition coefficient (Wildman–Crippen LogP) is 4.93. The maximum atomic E-state index is 15.6. The lowest BCUT2D eigenvalue weighted by Crippen LogP contribution is -2.35. The third-order valence-electron chi connectivity index (χ3n) is 9.63. The molecule has 5 aromatic rings. The SMILES string of the molecule is CNC(=O)c1nn(CC(=O)N[C@@H](Cc2cc(F)cc(F)c2)c2nc(C#CC(C)(C)O)ccc2-c2ccc(Cl)c3c(NS(C)(=O)=O)nn(C)c23)c2c1[C@H]1C[C@H]1C2(F)F. The maximum Gasteiger partial charge on any atom is 0.293 e. The molecule has 0 bridgehead atoms. The summed E-state index contributed by atoms with van der Waals surface area (Å²) in [5, 5.41) is 24.4. The van der Waals surface area contributed by atoms with E-state index in [9.17, 15) is 31.9 Å². The van der Waals surface area contributed by atoms with E-state index in [1.807, 2.05) is 0 Å². The minimum absolute atomic E-state index is 0.0681. The minimum atomic E-state index is -3.81. The van der Waals surface area contributed by atoms with Crippen LogP contribution in [0.4, 0.5) is 23.4 Å². The van der Waals surface area contributed by atoms with Gasteiger partial charge in [-0.1, -0.05) is 23.6 Å². The number of amides is 2. The number of halogens is 5. The number of aliphatic hydroxyl groups is 1. The topological polar surface area (TPSA) is 173 Å². The highest BCUT2D eigenvalue weighted by molar-refractivity contribution is 7.92. The van der Waals surface area contributed by atoms with Crippen LogP contribution in [-0.2, 0) is 40.8 Å². The second-order valence-corrected chi connectivity index (χ2v) is 16.8. The minimum Gasteiger partial charge on any atom is -0.378 e. The van der Waals surface area contributed by atoms with E-state index in [0.717, 1.165) is 23.1 Å². The number of hydrogen-bond acceptors (Lipinski definition) is 8. The summed E-state index contributed by atoms with van der Waals surface area (Å²) < 4.78 is 89.4. The fourth-order valence-electron chi connectivity index (χ4n) is 7.32. The van der Waals surface area contributed by atoms with Crippen molar-refractivity contribution in [2.75, 3.05) is 18.0 Å². The molecule has 0 aliphatic heterocycles. The van der Waals surface area contributed by atoms with E-state index in [2.05, 4.69) is 37.4 Å². The molecule has 0 saturated heterocycles. The normalized spacial score (nSPS) is 17.3. The number of aromatic nitrogens is 5. The first-order valence-electron chi connectivity index (χ1n) is 17.5. The predicted molar refractivity (Wildman–Crippen MR) is 202 cm³/mol. The van der Waals surface area contributed by atoms with Crippen LogP contribution in [0.15, 0.2) is 42.5 Å². The highest BCUT2D eigenvalue weighted by Crippen LogP contribution is 2.67. The molecule has 4 N–H and O–H groups in total. The number of carbonyl (C=O) groups is 2. The summed E-state index contributed by atoms with van der Waals surface area (Å²) >= 11 is 6.60. The average Bonchev–Trinajstić information content (AvgIpc) is 3.65. The molecular formula is C38H35ClF4N8O5S. The van der Waals surface area contributed by atoms with Gasteiger partial charge in [-0.25, -0.2) is 22.2 Å². The van der Waals surface area contributed by atoms with Crippen molar-refractivity contribution in [2.24, 2.45) is 13.0 Å². The number of alkyl halides is 2. The molecule has 2 amide bonds. The lowest BCUT2D eigenvalue weighted by molar-refractivity contribution is -0.122. The number of carbonyl (C=O) groups excluding carboxylic acids is 2. The molecule has 2 aliphatic carbocycles. The molecule has 3 aromatic heterocycles. The number of nitrogens with zero attached hydrogens (tertiary/aromatic N) is 5. The first-order valence-corrected chi connectivity index (χ1v) is 19.8. The van der Waals surface area contributed by atoms with Gasteiger partial charge in [0.25, 0.3) is 11.8 Å². The quantitative estimate of drug-likeness (QED) is 0.113. The van der Waals surface area contributed by atoms with Gasteiger partial charge in [-0.3, -0.25) is 23.7 Å². The third kappa shape index (κ3) is 7.78. The van der Waals surface area contributed by atoms with E-state index in [0.29, 0.717) is 22.7 Å². The lowest BCUT2D eigenvalue weighted by atomic mass is 9.93. The van der Waals surface area contributed by atoms with Crippen LogP contribution in [0.1, 0.15) is 70.9 Å². The van der Waals surface area contributed by atoms with Crippen LogP contribution >= 0.6 is 11.6 Å². The number of rotatable bonds is 10. The maximum absolute atomic E-state index is 15.6. The highest BCUT2D eigenvalue weighted by Gasteiger charge is 2.67. The summed E-state index contributed by atoms with van der Waals surface area (Å²) in [7, 11) is -0.920. The van der Waals surface area contributed by atoms with Gasteiger partial charge in [-0.2, -0.15) is 19.0 Å². The molecule has 1 fully saturated rings. The summed E-state index contributed by atoms with van der Waals surface area (Å²) in [5.74, 6) is -2.90. The molecule has 57 heavy (non-hydrogen) atoms. The Morgan fingerprint density at radius 2 is 1.79 bits per heavy atom. The standard InChI is InChI=1S/C38H35ClF4N8O5S/c1-37(2,54)11-10-21-6-7-22(23-8-9-26(39)30-33(23)50(4)48-35(30)49-57(5,55)56)31(45-21)27(14-18-12-19(40)15-20(41)13-18)46-28(52)17-51-34-29(32(47-51)36(53)44-3)24-16-25(24)38(34,42)43/h6-9,12-13,15,24-25,27,54H,14,16-17H2,1-5H3,(H,44,53)(H,46,52)(H,48,49)/t24-,25+,27-/m0/s1. The largest absolute Gasteiger partial charge is 0.378 e. The van der Waals surface area contributed by atoms with Gasteiger partial charge in [0, 0.05) is 42.8 Å². The summed E-state index contributed by atoms with van der Waals surface area (Å²) in [6.45, 7) is 2.16. The monoisotopic (exact) mass is 826 g/mol. The van der Waals surface area contributed by atoms with Gasteiger partial charge < -0.3 is 15.7 Å². The van der Waals surface area contributed by atoms with Crippen molar-refractivity contribution in [2.45, 2.75) is 56.7 Å². The van der Waals surface area contributed by atoms with Gasteiger partial charge in [0.15, 0.2) is 11.5 Å². The Labute approximate surface area is 328 Å². The van der Waals surface area contributed by atoms with Crippen LogP contribution in [0.2, 0.25) is 5.02 Å². The smallest absolute Gasteiger partial charge is 0.293 e. The Hall–Kier alpha value is -5.51. The van der Waals surface area contributed by atoms with Crippen molar-refractivity contribution < 1.29 is 40.7 Å². The highest BCUT2D eigenvalue weighted by atomic mass is 35.5. The van der Waals surface area contributed by atoms with Gasteiger partial charge in [0.1, 0.15) is 35.2 Å². The van der Waals surface area contributed by atoms with Crippen molar-refractivity contribution in [3.05, 3.63) is 93.0 Å². The number of sulfonamides is 1. The summed E-state index contributed by atoms with van der Waals surface area (Å²) in [6.07, 6.45) is 0.840. The van der Waals surface area contributed by atoms with Crippen LogP contribution < -0.4 is 15.4 Å². The van der Waals surface area contributed by atoms with Crippen LogP contribution in [0.3, 0.4) is 0 Å². The van der Waals surface area contributed by atoms with Crippen molar-refractivity contribution in [1.82, 2.24) is 35.2 Å². The number of aryl methyl sites for hydroxylation is 1. The summed E-state index contributed by atoms with van der Waals surface area (Å²) in [6, 6.07) is 7.80. The molecule has 1 saturated carbocycles. The average molecular weight is 827 g/mol. The first kappa shape index (κ1) is 39.7. The second kappa shape index (κ2) is 14.1. The zero-order valence-electron chi connectivity index (χ0n) is 31.0. The van der Waals surface area contributed by atoms with Crippen LogP contribution in [0.5, 0.6) is 0 Å². The van der Waals surface area contributed by atoms with Crippen LogP contribution in [-0.4, -0.2) is 68.8 Å². The Morgan fingerprint density at radius 3 is 2.44 bits per heavy atom. The van der Waals surface area contributed by atoms with Crippen LogP contribution in [0.25, 0.3) is 22.0 Å². The van der Waals surface area contributed by atoms with Gasteiger partial charge in [-0.05, 0) is 74.4 Å². The fourth-order valence-corrected chi connectivity index (χ4v) is 8.06. The molecule has 2 aliphatic rings. The molecule has 0 unspecified atom stereocenters. The molecule has 19 heteroatoms. The number of benzene rings is 2. The summed E-state index contributed by atoms with van der Waals surface area (Å²) in [4.78, 5) is 31.5. The van der Waals surface area contributed by atoms with Crippen molar-refractivity contribution in [1.29, 1.82) is 0 Å². The van der Waals surface area contributed by atoms with Gasteiger partial charge in [-0.15, -0.1) is 0 Å². The number of hydrogen-bond donors (Lipinski definition) is 4. The number of nitrogens with one attached hydrogen (secondary N) is 3. The van der Waals surface area contributed by atoms with Crippen molar-refractivity contribution in [3.8, 4) is 23.0 Å². The van der Waals surface area contributed by atoms with Gasteiger partial charge >= 0.3 is 0 Å². The number of pyridine rings is 1. The zero-order chi connectivity index (χ0) is 41.4. The second-order valence-electron chi connectivity index (χ2n) is 14.6. The molecular weight excluding hydrogens is 792 g/mol. The van der Waals surface area contributed by atoms with E-state index < -0.39 is 75.1 Å². The Kier molecular flexibility index (Phi) is 9.86. The Morgan fingerprint density at radius 1 is 1.11 bits per heavy atom. The molecule has 298 valence electrons. The van der Waals surface area contributed by atoms with Crippen molar-refractivity contribution in [3.63, 3.8) is 0 Å². The molecule has 3 atom stereocenters. The molecule has 0 radical (unpaired) electrons. The summed E-state index contributed by atoms with van der Waals surface area (Å²) in [5.41, 5.74) is -0.734. The van der Waals surface area contributed by atoms with E-state index in [-0.39, 0.29) is 57.3 Å². The Balaban J connectivity index is 1.39. The first-order chi connectivity index (χ1) is 26.6. The van der Waals surface area contributed by atoms with Crippen LogP contribution in [0, 0.1) is 29.4 Å². The zero-order valence-corrected chi connectivity index (χ0v) is 32.6. The van der Waals surface area contributed by atoms with Gasteiger partial charge in [0.2, 0.25) is 15.9 Å². The molecule has 0 spiro atoms. The molecule has 13 nitrogen and oxygen atoms in total. The van der Waals surface area contributed by atoms with E-state index in [1.54, 1.807) is 19.2 Å². The lowest BCUT2D eigenvalue weighted by Gasteiger charge is -2.23. The Bertz CT molecular complexity index is 2660. The van der Waals surface area contributed by atoms with Crippen molar-refractivity contribution >= 4 is 50.2 Å². The fraction of sp³-hybridized carbons (Fsp3) is 0.342. The number of anilines is 1. The van der Waals surface area contributed by atoms with Gasteiger partial charge in [0.05, 0.1) is 33.9 Å². The third-order valence-corrected chi connectivity index (χ3v) is 10.5. The van der Waals surface area contributed by atoms with E-state index >= 15 is 8.78 Å².